The van der Waals surface area contributed by atoms with Crippen LogP contribution in [0.5, 0.6) is 0 Å². The zero-order valence-corrected chi connectivity index (χ0v) is 9.17. The summed E-state index contributed by atoms with van der Waals surface area (Å²) in [5.41, 5.74) is 0.774. The molecular weight excluding hydrogens is 218 g/mol. The van der Waals surface area contributed by atoms with Crippen LogP contribution in [-0.2, 0) is 9.59 Å². The van der Waals surface area contributed by atoms with Crippen LogP contribution in [0.4, 0.5) is 0 Å². The standard InChI is InChI=1S/C12H11N3O2/c16-11-6-3-7-12(17)14(11)15-10-5-2-1-4-9(10)8-13-15/h1-2,4-5,8H,3,6-7H2. The van der Waals surface area contributed by atoms with Gasteiger partial charge in [0.15, 0.2) is 0 Å². The second-order valence-electron chi connectivity index (χ2n) is 4.05. The summed E-state index contributed by atoms with van der Waals surface area (Å²) in [6.07, 6.45) is 3.09. The lowest BCUT2D eigenvalue weighted by Gasteiger charge is -2.24. The van der Waals surface area contributed by atoms with Crippen molar-refractivity contribution in [2.75, 3.05) is 5.01 Å². The fraction of sp³-hybridized carbons (Fsp3) is 0.250. The molecule has 0 spiro atoms. The topological polar surface area (TPSA) is 55.2 Å². The molecule has 5 heteroatoms. The van der Waals surface area contributed by atoms with Crippen LogP contribution in [0.2, 0.25) is 0 Å². The van der Waals surface area contributed by atoms with E-state index in [2.05, 4.69) is 5.10 Å². The second-order valence-corrected chi connectivity index (χ2v) is 4.05. The summed E-state index contributed by atoms with van der Waals surface area (Å²) in [6.45, 7) is 0. The molecular formula is C12H11N3O2. The van der Waals surface area contributed by atoms with Crippen molar-refractivity contribution >= 4 is 22.7 Å². The van der Waals surface area contributed by atoms with Gasteiger partial charge in [-0.05, 0) is 12.5 Å². The highest BCUT2D eigenvalue weighted by Gasteiger charge is 2.28. The molecule has 0 atom stereocenters. The molecule has 0 aliphatic carbocycles. The predicted octanol–water partition coefficient (Wildman–Crippen LogP) is 1.21. The van der Waals surface area contributed by atoms with E-state index in [0.29, 0.717) is 19.3 Å². The lowest BCUT2D eigenvalue weighted by Crippen LogP contribution is -2.48. The van der Waals surface area contributed by atoms with Crippen LogP contribution < -0.4 is 5.01 Å². The van der Waals surface area contributed by atoms with Crippen LogP contribution in [-0.4, -0.2) is 21.7 Å². The Bertz CT molecular complexity index is 587. The van der Waals surface area contributed by atoms with Gasteiger partial charge in [0, 0.05) is 18.2 Å². The Morgan fingerprint density at radius 1 is 1.06 bits per heavy atom. The molecule has 3 rings (SSSR count). The van der Waals surface area contributed by atoms with Crippen LogP contribution in [0.25, 0.3) is 10.9 Å². The highest BCUT2D eigenvalue weighted by atomic mass is 16.2. The molecule has 1 aliphatic rings. The van der Waals surface area contributed by atoms with E-state index in [9.17, 15) is 9.59 Å². The Morgan fingerprint density at radius 3 is 2.53 bits per heavy atom. The molecule has 5 nitrogen and oxygen atoms in total. The van der Waals surface area contributed by atoms with Crippen molar-refractivity contribution in [3.63, 3.8) is 0 Å². The van der Waals surface area contributed by atoms with Gasteiger partial charge in [-0.3, -0.25) is 9.59 Å². The minimum atomic E-state index is -0.185. The number of carbonyl (C=O) groups is 2. The van der Waals surface area contributed by atoms with Gasteiger partial charge in [-0.1, -0.05) is 18.2 Å². The first-order valence-electron chi connectivity index (χ1n) is 5.56. The number of nitrogens with zero attached hydrogens (tertiary/aromatic N) is 3. The van der Waals surface area contributed by atoms with E-state index in [4.69, 9.17) is 0 Å². The van der Waals surface area contributed by atoms with Gasteiger partial charge in [0.25, 0.3) is 0 Å². The molecule has 86 valence electrons. The maximum atomic E-state index is 11.8. The highest BCUT2D eigenvalue weighted by Crippen LogP contribution is 2.17. The number of piperidine rings is 1. The lowest BCUT2D eigenvalue weighted by molar-refractivity contribution is -0.131. The van der Waals surface area contributed by atoms with E-state index in [1.165, 1.54) is 4.79 Å². The van der Waals surface area contributed by atoms with Crippen molar-refractivity contribution < 1.29 is 9.59 Å². The second kappa shape index (κ2) is 3.69. The zero-order chi connectivity index (χ0) is 11.8. The molecule has 0 N–H and O–H groups in total. The molecule has 1 saturated heterocycles. The van der Waals surface area contributed by atoms with Crippen molar-refractivity contribution in [3.8, 4) is 0 Å². The van der Waals surface area contributed by atoms with Crippen LogP contribution in [0, 0.1) is 0 Å². The van der Waals surface area contributed by atoms with Crippen molar-refractivity contribution in [1.82, 2.24) is 9.89 Å². The van der Waals surface area contributed by atoms with Gasteiger partial charge in [0.1, 0.15) is 0 Å². The minimum Gasteiger partial charge on any atom is -0.272 e. The summed E-state index contributed by atoms with van der Waals surface area (Å²) >= 11 is 0. The quantitative estimate of drug-likeness (QED) is 0.691. The average molecular weight is 229 g/mol. The molecule has 0 radical (unpaired) electrons. The van der Waals surface area contributed by atoms with Gasteiger partial charge in [-0.15, -0.1) is 0 Å². The van der Waals surface area contributed by atoms with Crippen molar-refractivity contribution in [2.45, 2.75) is 19.3 Å². The molecule has 0 bridgehead atoms. The van der Waals surface area contributed by atoms with E-state index in [1.54, 1.807) is 6.20 Å². The number of benzene rings is 1. The number of carbonyl (C=O) groups excluding carboxylic acids is 2. The SMILES string of the molecule is O=C1CCCC(=O)N1n1ncc2ccccc21. The van der Waals surface area contributed by atoms with E-state index in [1.807, 2.05) is 24.3 Å². The smallest absolute Gasteiger partial charge is 0.249 e. The number of hydrogen-bond acceptors (Lipinski definition) is 3. The number of hydrogen-bond donors (Lipinski definition) is 0. The molecule has 2 heterocycles. The lowest BCUT2D eigenvalue weighted by atomic mass is 10.1. The number of amides is 2. The first-order chi connectivity index (χ1) is 8.27. The number of para-hydroxylation sites is 1. The Morgan fingerprint density at radius 2 is 1.76 bits per heavy atom. The summed E-state index contributed by atoms with van der Waals surface area (Å²) in [5.74, 6) is -0.370. The van der Waals surface area contributed by atoms with Gasteiger partial charge >= 0.3 is 0 Å². The monoisotopic (exact) mass is 229 g/mol. The van der Waals surface area contributed by atoms with Gasteiger partial charge < -0.3 is 0 Å². The Labute approximate surface area is 97.6 Å². The fourth-order valence-corrected chi connectivity index (χ4v) is 2.07. The maximum Gasteiger partial charge on any atom is 0.249 e. The van der Waals surface area contributed by atoms with E-state index < -0.39 is 0 Å². The predicted molar refractivity (Wildman–Crippen MR) is 61.8 cm³/mol. The summed E-state index contributed by atoms with van der Waals surface area (Å²) in [7, 11) is 0. The maximum absolute atomic E-state index is 11.8. The minimum absolute atomic E-state index is 0.185. The van der Waals surface area contributed by atoms with Crippen molar-refractivity contribution in [2.24, 2.45) is 0 Å². The number of aromatic nitrogens is 2. The molecule has 17 heavy (non-hydrogen) atoms. The largest absolute Gasteiger partial charge is 0.272 e. The molecule has 0 saturated carbocycles. The number of fused-ring (bicyclic) bond motifs is 1. The highest BCUT2D eigenvalue weighted by molar-refractivity contribution is 6.10. The number of imide groups is 1. The first-order valence-corrected chi connectivity index (χ1v) is 5.56. The summed E-state index contributed by atoms with van der Waals surface area (Å²) in [6, 6.07) is 7.50. The summed E-state index contributed by atoms with van der Waals surface area (Å²) < 4.78 is 0. The first kappa shape index (κ1) is 10.0. The average Bonchev–Trinajstić information content (AvgIpc) is 2.73. The molecule has 0 unspecified atom stereocenters. The van der Waals surface area contributed by atoms with Gasteiger partial charge in [0.05, 0.1) is 11.7 Å². The molecule has 2 aromatic rings. The third-order valence-electron chi connectivity index (χ3n) is 2.90. The van der Waals surface area contributed by atoms with Crippen LogP contribution in [0.3, 0.4) is 0 Å². The van der Waals surface area contributed by atoms with Crippen molar-refractivity contribution in [3.05, 3.63) is 30.5 Å². The molecule has 1 aromatic heterocycles. The van der Waals surface area contributed by atoms with Crippen LogP contribution >= 0.6 is 0 Å². The van der Waals surface area contributed by atoms with Crippen LogP contribution in [0.1, 0.15) is 19.3 Å². The zero-order valence-electron chi connectivity index (χ0n) is 9.17. The molecule has 1 fully saturated rings. The van der Waals surface area contributed by atoms with Gasteiger partial charge in [-0.2, -0.15) is 14.9 Å². The summed E-state index contributed by atoms with van der Waals surface area (Å²) in [4.78, 5) is 25.0. The van der Waals surface area contributed by atoms with Gasteiger partial charge in [-0.25, -0.2) is 0 Å². The summed E-state index contributed by atoms with van der Waals surface area (Å²) in [5, 5.41) is 6.18. The van der Waals surface area contributed by atoms with Crippen LogP contribution in [0.15, 0.2) is 30.5 Å². The molecule has 1 aliphatic heterocycles. The molecule has 2 amide bonds. The van der Waals surface area contributed by atoms with E-state index in [-0.39, 0.29) is 11.8 Å². The Balaban J connectivity index is 2.14. The van der Waals surface area contributed by atoms with Gasteiger partial charge in [0.2, 0.25) is 11.8 Å². The molecule has 1 aromatic carbocycles. The Hall–Kier alpha value is -2.17. The van der Waals surface area contributed by atoms with Crippen molar-refractivity contribution in [1.29, 1.82) is 0 Å². The van der Waals surface area contributed by atoms with E-state index in [0.717, 1.165) is 15.9 Å². The fourth-order valence-electron chi connectivity index (χ4n) is 2.07. The number of rotatable bonds is 1. The third-order valence-corrected chi connectivity index (χ3v) is 2.90. The normalized spacial score (nSPS) is 16.8. The Kier molecular flexibility index (Phi) is 2.18. The third kappa shape index (κ3) is 1.51. The van der Waals surface area contributed by atoms with E-state index >= 15 is 0 Å².